The summed E-state index contributed by atoms with van der Waals surface area (Å²) in [6.07, 6.45) is 5.79. The minimum absolute atomic E-state index is 0.600. The molecule has 0 bridgehead atoms. The summed E-state index contributed by atoms with van der Waals surface area (Å²) < 4.78 is 22.4. The Morgan fingerprint density at radius 1 is 1.09 bits per heavy atom. The predicted molar refractivity (Wildman–Crippen MR) is 47.1 cm³/mol. The van der Waals surface area contributed by atoms with Gasteiger partial charge in [-0.1, -0.05) is 32.6 Å². The smallest absolute Gasteiger partial charge is 0.201 e. The molecule has 0 atom stereocenters. The molecule has 0 saturated heterocycles. The number of rotatable bonds is 7. The Balaban J connectivity index is 2.90. The standard InChI is InChI=1S/C7H17NO2S/c1-2-3-4-5-6-7-8-11(9)10/h11H,2-7H2,1H3,(H,8,9,10). The predicted octanol–water partition coefficient (Wildman–Crippen LogP) is 1.07. The average molecular weight is 179 g/mol. The van der Waals surface area contributed by atoms with Crippen molar-refractivity contribution in [3.63, 3.8) is 0 Å². The van der Waals surface area contributed by atoms with Crippen molar-refractivity contribution in [1.29, 1.82) is 0 Å². The van der Waals surface area contributed by atoms with E-state index in [-0.39, 0.29) is 0 Å². The maximum Gasteiger partial charge on any atom is 0.201 e. The van der Waals surface area contributed by atoms with Gasteiger partial charge in [0.1, 0.15) is 0 Å². The van der Waals surface area contributed by atoms with Crippen molar-refractivity contribution in [3.05, 3.63) is 0 Å². The second-order valence-corrected chi connectivity index (χ2v) is 3.41. The highest BCUT2D eigenvalue weighted by atomic mass is 32.2. The molecule has 68 valence electrons. The molecule has 11 heavy (non-hydrogen) atoms. The molecule has 0 aromatic rings. The molecule has 0 aliphatic heterocycles. The van der Waals surface area contributed by atoms with Crippen LogP contribution in [0.25, 0.3) is 0 Å². The van der Waals surface area contributed by atoms with Gasteiger partial charge in [-0.15, -0.1) is 0 Å². The first-order valence-corrected chi connectivity index (χ1v) is 5.33. The molecule has 0 aliphatic carbocycles. The van der Waals surface area contributed by atoms with Crippen LogP contribution in [-0.2, 0) is 10.9 Å². The van der Waals surface area contributed by atoms with Crippen LogP contribution in [0.5, 0.6) is 0 Å². The van der Waals surface area contributed by atoms with Crippen molar-refractivity contribution in [3.8, 4) is 0 Å². The quantitative estimate of drug-likeness (QED) is 0.453. The molecule has 1 N–H and O–H groups in total. The van der Waals surface area contributed by atoms with Crippen LogP contribution in [0.3, 0.4) is 0 Å². The van der Waals surface area contributed by atoms with Gasteiger partial charge in [-0.3, -0.25) is 0 Å². The van der Waals surface area contributed by atoms with Crippen molar-refractivity contribution in [2.45, 2.75) is 39.0 Å². The van der Waals surface area contributed by atoms with Gasteiger partial charge in [-0.25, -0.2) is 13.1 Å². The minimum atomic E-state index is -2.37. The Kier molecular flexibility index (Phi) is 7.95. The SMILES string of the molecule is CCCCCCCN[SH](=O)=O. The van der Waals surface area contributed by atoms with E-state index in [2.05, 4.69) is 11.6 Å². The molecular weight excluding hydrogens is 162 g/mol. The van der Waals surface area contributed by atoms with E-state index in [1.807, 2.05) is 0 Å². The first-order valence-electron chi connectivity index (χ1n) is 4.15. The van der Waals surface area contributed by atoms with Gasteiger partial charge in [0, 0.05) is 6.54 Å². The third-order valence-electron chi connectivity index (χ3n) is 1.52. The molecule has 0 aromatic carbocycles. The first-order chi connectivity index (χ1) is 5.27. The number of thiol groups is 1. The zero-order valence-corrected chi connectivity index (χ0v) is 7.90. The first kappa shape index (κ1) is 10.9. The van der Waals surface area contributed by atoms with E-state index in [9.17, 15) is 8.42 Å². The van der Waals surface area contributed by atoms with E-state index in [1.165, 1.54) is 19.3 Å². The Morgan fingerprint density at radius 3 is 2.27 bits per heavy atom. The maximum atomic E-state index is 10.0. The van der Waals surface area contributed by atoms with E-state index < -0.39 is 10.9 Å². The number of hydrogen-bond donors (Lipinski definition) is 2. The van der Waals surface area contributed by atoms with E-state index >= 15 is 0 Å². The van der Waals surface area contributed by atoms with Gasteiger partial charge in [0.15, 0.2) is 0 Å². The maximum absolute atomic E-state index is 10.0. The fourth-order valence-corrected chi connectivity index (χ4v) is 1.24. The summed E-state index contributed by atoms with van der Waals surface area (Å²) in [7, 11) is -2.37. The van der Waals surface area contributed by atoms with Crippen molar-refractivity contribution in [2.75, 3.05) is 6.54 Å². The largest absolute Gasteiger partial charge is 0.218 e. The van der Waals surface area contributed by atoms with E-state index in [0.717, 1.165) is 12.8 Å². The van der Waals surface area contributed by atoms with E-state index in [0.29, 0.717) is 6.54 Å². The molecule has 4 heteroatoms. The van der Waals surface area contributed by atoms with Crippen LogP contribution in [0, 0.1) is 0 Å². The molecular formula is C7H17NO2S. The van der Waals surface area contributed by atoms with E-state index in [4.69, 9.17) is 0 Å². The third-order valence-corrected chi connectivity index (χ3v) is 2.00. The normalized spacial score (nSPS) is 10.7. The molecule has 0 saturated carbocycles. The Hall–Kier alpha value is -0.0900. The van der Waals surface area contributed by atoms with Crippen molar-refractivity contribution in [2.24, 2.45) is 0 Å². The van der Waals surface area contributed by atoms with Crippen LogP contribution >= 0.6 is 0 Å². The molecule has 0 spiro atoms. The fraction of sp³-hybridized carbons (Fsp3) is 1.00. The van der Waals surface area contributed by atoms with Crippen LogP contribution < -0.4 is 4.72 Å². The van der Waals surface area contributed by atoms with Crippen molar-refractivity contribution in [1.82, 2.24) is 4.72 Å². The molecule has 3 nitrogen and oxygen atoms in total. The number of nitrogens with one attached hydrogen (secondary N) is 1. The molecule has 0 fully saturated rings. The molecule has 0 amide bonds. The minimum Gasteiger partial charge on any atom is -0.218 e. The highest BCUT2D eigenvalue weighted by molar-refractivity contribution is 7.70. The van der Waals surface area contributed by atoms with E-state index in [1.54, 1.807) is 0 Å². The molecule has 0 rings (SSSR count). The van der Waals surface area contributed by atoms with Crippen molar-refractivity contribution < 1.29 is 8.42 Å². The summed E-state index contributed by atoms with van der Waals surface area (Å²) in [4.78, 5) is 0. The molecule has 0 radical (unpaired) electrons. The molecule has 0 aromatic heterocycles. The second-order valence-electron chi connectivity index (χ2n) is 2.58. The van der Waals surface area contributed by atoms with Gasteiger partial charge in [-0.05, 0) is 6.42 Å². The molecule has 0 heterocycles. The van der Waals surface area contributed by atoms with Gasteiger partial charge in [-0.2, -0.15) is 0 Å². The van der Waals surface area contributed by atoms with Gasteiger partial charge in [0.2, 0.25) is 10.9 Å². The summed E-state index contributed by atoms with van der Waals surface area (Å²) >= 11 is 0. The van der Waals surface area contributed by atoms with Crippen molar-refractivity contribution >= 4 is 10.9 Å². The average Bonchev–Trinajstić information content (AvgIpc) is 1.96. The lowest BCUT2D eigenvalue weighted by atomic mass is 10.2. The lowest BCUT2D eigenvalue weighted by Crippen LogP contribution is -2.12. The number of hydrogen-bond acceptors (Lipinski definition) is 2. The summed E-state index contributed by atoms with van der Waals surface area (Å²) in [5.74, 6) is 0. The van der Waals surface area contributed by atoms with Crippen LogP contribution in [-0.4, -0.2) is 15.0 Å². The van der Waals surface area contributed by atoms with Crippen LogP contribution in [0.4, 0.5) is 0 Å². The van der Waals surface area contributed by atoms with Crippen LogP contribution in [0.1, 0.15) is 39.0 Å². The third kappa shape index (κ3) is 9.91. The van der Waals surface area contributed by atoms with Gasteiger partial charge in [0.05, 0.1) is 0 Å². The van der Waals surface area contributed by atoms with Crippen LogP contribution in [0.2, 0.25) is 0 Å². The Labute approximate surface area is 70.3 Å². The zero-order chi connectivity index (χ0) is 8.53. The second kappa shape index (κ2) is 8.01. The fourth-order valence-electron chi connectivity index (χ4n) is 0.899. The molecule has 0 unspecified atom stereocenters. The summed E-state index contributed by atoms with van der Waals surface area (Å²) in [6.45, 7) is 2.76. The Bertz CT molecular complexity index is 137. The van der Waals surface area contributed by atoms with Gasteiger partial charge in [0.25, 0.3) is 0 Å². The topological polar surface area (TPSA) is 46.2 Å². The zero-order valence-electron chi connectivity index (χ0n) is 7.01. The number of unbranched alkanes of at least 4 members (excludes halogenated alkanes) is 4. The summed E-state index contributed by atoms with van der Waals surface area (Å²) in [6, 6.07) is 0. The lowest BCUT2D eigenvalue weighted by molar-refractivity contribution is 0.588. The summed E-state index contributed by atoms with van der Waals surface area (Å²) in [5, 5.41) is 0. The van der Waals surface area contributed by atoms with Gasteiger partial charge < -0.3 is 0 Å². The highest BCUT2D eigenvalue weighted by Crippen LogP contribution is 2.00. The van der Waals surface area contributed by atoms with Crippen LogP contribution in [0.15, 0.2) is 0 Å². The lowest BCUT2D eigenvalue weighted by Gasteiger charge is -1.97. The monoisotopic (exact) mass is 179 g/mol. The van der Waals surface area contributed by atoms with Gasteiger partial charge >= 0.3 is 0 Å². The highest BCUT2D eigenvalue weighted by Gasteiger charge is 1.88. The molecule has 0 aliphatic rings. The summed E-state index contributed by atoms with van der Waals surface area (Å²) in [5.41, 5.74) is 0. The Morgan fingerprint density at radius 2 is 1.73 bits per heavy atom.